The number of carboxylic acid groups (broad SMARTS) is 3. The number of rotatable bonds is 38. The van der Waals surface area contributed by atoms with Crippen LogP contribution in [0.2, 0.25) is 0 Å². The maximum Gasteiger partial charge on any atom is 0.326 e. The normalized spacial score (nSPS) is 19.4. The number of carbonyl (C=O) groups excluding carboxylic acids is 13. The highest BCUT2D eigenvalue weighted by Gasteiger charge is 2.44. The lowest BCUT2D eigenvalue weighted by Crippen LogP contribution is -2.61. The summed E-state index contributed by atoms with van der Waals surface area (Å²) >= 11 is 0. The van der Waals surface area contributed by atoms with Gasteiger partial charge in [-0.2, -0.15) is 0 Å². The molecule has 3 saturated heterocycles. The van der Waals surface area contributed by atoms with E-state index in [4.69, 9.17) is 17.2 Å². The Morgan fingerprint density at radius 2 is 0.872 bits per heavy atom. The van der Waals surface area contributed by atoms with Crippen LogP contribution < -0.4 is 65.1 Å². The van der Waals surface area contributed by atoms with Gasteiger partial charge < -0.3 is 95.1 Å². The summed E-state index contributed by atoms with van der Waals surface area (Å²) in [6.07, 6.45) is -0.526. The van der Waals surface area contributed by atoms with Gasteiger partial charge in [0.1, 0.15) is 72.5 Å². The van der Waals surface area contributed by atoms with Crippen LogP contribution in [-0.2, 0) is 76.7 Å². The molecule has 34 heteroatoms. The highest BCUT2D eigenvalue weighted by atomic mass is 16.4. The molecule has 0 radical (unpaired) electrons. The van der Waals surface area contributed by atoms with Crippen molar-refractivity contribution in [2.45, 2.75) is 237 Å². The summed E-state index contributed by atoms with van der Waals surface area (Å²) in [6.45, 7) is 14.8. The fraction of sp³-hybridized carbons (Fsp3) is 0.733. The zero-order valence-corrected chi connectivity index (χ0v) is 55.1. The van der Waals surface area contributed by atoms with Gasteiger partial charge in [0.2, 0.25) is 76.8 Å². The summed E-state index contributed by atoms with van der Waals surface area (Å²) in [6, 6.07) is -17.0. The van der Waals surface area contributed by atoms with E-state index in [0.29, 0.717) is 38.6 Å². The second-order valence-corrected chi connectivity index (χ2v) is 25.4. The van der Waals surface area contributed by atoms with E-state index < -0.39 is 217 Å². The standard InChI is InChI=1S/C60H99N15O19/c1-29(2)27-38(52(85)71-46(30(3)4)56(89)67-35(15-10-11-23-61)50(83)66-36(19-21-43(63)76)51(84)70-39(60(93)94)28-45(79)80)69-54(87)41-17-14-26-75(41)59(92)47(31(5)6)72-55(88)42-18-13-25-74(42)58(91)37(20-22-44(77)78)68-49(82)34(9)64-48(81)33(8)65-53(86)40-16-12-24-73(40)57(90)32(7)62/h29-42,46-47H,10-28,61-62H2,1-9H3,(H2,63,76)(H,64,81)(H,65,86)(H,66,83)(H,67,89)(H,68,82)(H,69,87)(H,70,84)(H,71,85)(H,72,88)(H,77,78)(H,79,80)(H,93,94)/t32-,33-,34-,35-,36-,37-,38-,39-,40-,41-,42-,46-,47-/m0/s1. The number of nitrogens with two attached hydrogens (primary N) is 3. The minimum absolute atomic E-state index is 0.00481. The van der Waals surface area contributed by atoms with Crippen molar-refractivity contribution in [1.29, 1.82) is 0 Å². The SMILES string of the molecule is CC(C)C[C@H](NC(=O)[C@@H]1CCCN1C(=O)[C@@H](NC(=O)[C@@H]1CCCN1C(=O)[C@H](CCC(=O)O)NC(=O)[C@H](C)NC(=O)[C@H](C)NC(=O)[C@@H]1CCCN1C(=O)[C@H](C)N)C(C)C)C(=O)N[C@H](C(=O)N[C@@H](CCCCN)C(=O)N[C@@H](CCC(N)=O)C(=O)N[C@@H](CC(=O)O)C(=O)O)C(C)C. The highest BCUT2D eigenvalue weighted by Crippen LogP contribution is 2.25. The molecular weight excluding hydrogens is 1230 g/mol. The molecule has 3 rings (SSSR count). The molecule has 13 atom stereocenters. The van der Waals surface area contributed by atoms with Crippen LogP contribution in [0.4, 0.5) is 0 Å². The van der Waals surface area contributed by atoms with E-state index in [1.807, 2.05) is 5.32 Å². The van der Waals surface area contributed by atoms with Gasteiger partial charge in [-0.15, -0.1) is 0 Å². The summed E-state index contributed by atoms with van der Waals surface area (Å²) in [5, 5.41) is 51.0. The van der Waals surface area contributed by atoms with Crippen molar-refractivity contribution >= 4 is 94.7 Å². The average Bonchev–Trinajstić information content (AvgIpc) is 1.88. The fourth-order valence-electron chi connectivity index (χ4n) is 11.2. The number of hydrogen-bond acceptors (Lipinski definition) is 18. The van der Waals surface area contributed by atoms with Crippen LogP contribution in [0.15, 0.2) is 0 Å². The number of amides is 13. The van der Waals surface area contributed by atoms with Crippen LogP contribution in [-0.4, -0.2) is 229 Å². The number of unbranched alkanes of at least 4 members (excludes halogenated alkanes) is 1. The number of nitrogens with one attached hydrogen (secondary N) is 9. The molecule has 0 aliphatic carbocycles. The summed E-state index contributed by atoms with van der Waals surface area (Å²) in [5.41, 5.74) is 16.7. The van der Waals surface area contributed by atoms with E-state index >= 15 is 0 Å². The lowest BCUT2D eigenvalue weighted by molar-refractivity contribution is -0.147. The van der Waals surface area contributed by atoms with Gasteiger partial charge in [-0.3, -0.25) is 71.9 Å². The zero-order chi connectivity index (χ0) is 71.0. The van der Waals surface area contributed by atoms with E-state index in [-0.39, 0.29) is 57.7 Å². The Morgan fingerprint density at radius 3 is 1.35 bits per heavy atom. The maximum atomic E-state index is 14.6. The van der Waals surface area contributed by atoms with Crippen molar-refractivity contribution in [3.63, 3.8) is 0 Å². The van der Waals surface area contributed by atoms with Crippen LogP contribution in [0.25, 0.3) is 0 Å². The number of aliphatic carboxylic acids is 3. The summed E-state index contributed by atoms with van der Waals surface area (Å²) in [7, 11) is 0. The Hall–Kier alpha value is -8.56. The van der Waals surface area contributed by atoms with Gasteiger partial charge in [0.15, 0.2) is 0 Å². The summed E-state index contributed by atoms with van der Waals surface area (Å²) < 4.78 is 0. The molecule has 94 heavy (non-hydrogen) atoms. The van der Waals surface area contributed by atoms with Gasteiger partial charge in [0.05, 0.1) is 12.5 Å². The quantitative estimate of drug-likeness (QED) is 0.0261. The van der Waals surface area contributed by atoms with E-state index in [0.717, 1.165) is 0 Å². The number of carboxylic acids is 3. The molecule has 3 fully saturated rings. The molecular formula is C60H99N15O19. The lowest BCUT2D eigenvalue weighted by atomic mass is 9.98. The fourth-order valence-corrected chi connectivity index (χ4v) is 11.2. The van der Waals surface area contributed by atoms with Gasteiger partial charge in [0, 0.05) is 32.5 Å². The minimum atomic E-state index is -1.92. The van der Waals surface area contributed by atoms with Crippen LogP contribution in [0, 0.1) is 17.8 Å². The van der Waals surface area contributed by atoms with Gasteiger partial charge >= 0.3 is 17.9 Å². The first-order chi connectivity index (χ1) is 44.0. The highest BCUT2D eigenvalue weighted by molar-refractivity contribution is 6.00. The Kier molecular flexibility index (Phi) is 32.2. The van der Waals surface area contributed by atoms with Crippen LogP contribution in [0.3, 0.4) is 0 Å². The van der Waals surface area contributed by atoms with E-state index in [2.05, 4.69) is 42.5 Å². The number of carbonyl (C=O) groups is 16. The van der Waals surface area contributed by atoms with Gasteiger partial charge in [-0.1, -0.05) is 41.5 Å². The Morgan fingerprint density at radius 1 is 0.436 bits per heavy atom. The molecule has 3 aliphatic rings. The molecule has 0 unspecified atom stereocenters. The summed E-state index contributed by atoms with van der Waals surface area (Å²) in [4.78, 5) is 216. The monoisotopic (exact) mass is 1330 g/mol. The third-order valence-electron chi connectivity index (χ3n) is 16.4. The van der Waals surface area contributed by atoms with E-state index in [9.17, 15) is 92.0 Å². The summed E-state index contributed by atoms with van der Waals surface area (Å²) in [5.74, 6) is -16.4. The second kappa shape index (κ2) is 38.0. The Balaban J connectivity index is 1.77. The molecule has 18 N–H and O–H groups in total. The van der Waals surface area contributed by atoms with Crippen molar-refractivity contribution < 1.29 is 92.0 Å². The molecule has 3 heterocycles. The molecule has 3 aliphatic heterocycles. The molecule has 13 amide bonds. The molecule has 0 bridgehead atoms. The molecule has 0 aromatic carbocycles. The topological polar surface area (TPSA) is 530 Å². The lowest BCUT2D eigenvalue weighted by Gasteiger charge is -2.33. The third kappa shape index (κ3) is 24.4. The largest absolute Gasteiger partial charge is 0.481 e. The maximum absolute atomic E-state index is 14.6. The number of primary amides is 1. The first kappa shape index (κ1) is 79.7. The predicted octanol–water partition coefficient (Wildman–Crippen LogP) is -4.11. The minimum Gasteiger partial charge on any atom is -0.481 e. The van der Waals surface area contributed by atoms with Gasteiger partial charge in [-0.25, -0.2) is 4.79 Å². The van der Waals surface area contributed by atoms with E-state index in [1.165, 1.54) is 35.5 Å². The molecule has 528 valence electrons. The van der Waals surface area contributed by atoms with Crippen molar-refractivity contribution in [2.75, 3.05) is 26.2 Å². The van der Waals surface area contributed by atoms with Gasteiger partial charge in [0.25, 0.3) is 0 Å². The Bertz CT molecular complexity index is 2770. The zero-order valence-electron chi connectivity index (χ0n) is 55.1. The van der Waals surface area contributed by atoms with E-state index in [1.54, 1.807) is 41.5 Å². The predicted molar refractivity (Wildman–Crippen MR) is 334 cm³/mol. The molecule has 0 aromatic rings. The van der Waals surface area contributed by atoms with Crippen molar-refractivity contribution in [3.8, 4) is 0 Å². The first-order valence-electron chi connectivity index (χ1n) is 32.1. The van der Waals surface area contributed by atoms with Gasteiger partial charge in [-0.05, 0) is 122 Å². The number of hydrogen-bond donors (Lipinski definition) is 15. The number of likely N-dealkylation sites (tertiary alicyclic amines) is 3. The van der Waals surface area contributed by atoms with Crippen LogP contribution in [0.5, 0.6) is 0 Å². The smallest absolute Gasteiger partial charge is 0.326 e. The van der Waals surface area contributed by atoms with Crippen molar-refractivity contribution in [2.24, 2.45) is 35.0 Å². The second-order valence-electron chi connectivity index (χ2n) is 25.4. The van der Waals surface area contributed by atoms with Crippen molar-refractivity contribution in [1.82, 2.24) is 62.6 Å². The van der Waals surface area contributed by atoms with Crippen LogP contribution >= 0.6 is 0 Å². The van der Waals surface area contributed by atoms with Crippen LogP contribution in [0.1, 0.15) is 159 Å². The van der Waals surface area contributed by atoms with Crippen molar-refractivity contribution in [3.05, 3.63) is 0 Å². The first-order valence-corrected chi connectivity index (χ1v) is 32.1. The molecule has 34 nitrogen and oxygen atoms in total. The third-order valence-corrected chi connectivity index (χ3v) is 16.4. The number of nitrogens with zero attached hydrogens (tertiary/aromatic N) is 3. The Labute approximate surface area is 545 Å². The molecule has 0 aromatic heterocycles. The molecule has 0 spiro atoms. The molecule has 0 saturated carbocycles. The average molecular weight is 1330 g/mol.